The number of halogens is 1. The molecule has 0 amide bonds. The van der Waals surface area contributed by atoms with E-state index in [1.165, 1.54) is 18.5 Å². The van der Waals surface area contributed by atoms with E-state index in [1.54, 1.807) is 24.4 Å². The van der Waals surface area contributed by atoms with Gasteiger partial charge in [0.05, 0.1) is 35.8 Å². The van der Waals surface area contributed by atoms with Crippen LogP contribution >= 0.6 is 0 Å². The number of aromatic nitrogens is 4. The van der Waals surface area contributed by atoms with Gasteiger partial charge in [0.25, 0.3) is 0 Å². The van der Waals surface area contributed by atoms with E-state index in [1.807, 2.05) is 20.8 Å². The van der Waals surface area contributed by atoms with Crippen LogP contribution in [0.2, 0.25) is 0 Å². The summed E-state index contributed by atoms with van der Waals surface area (Å²) in [6, 6.07) is 8.21. The Bertz CT molecular complexity index is 931. The Hall–Kier alpha value is -2.72. The summed E-state index contributed by atoms with van der Waals surface area (Å²) in [4.78, 5) is 16.1. The predicted molar refractivity (Wildman–Crippen MR) is 112 cm³/mol. The van der Waals surface area contributed by atoms with Gasteiger partial charge in [-0.2, -0.15) is 0 Å². The summed E-state index contributed by atoms with van der Waals surface area (Å²) in [5, 5.41) is 0. The van der Waals surface area contributed by atoms with Crippen molar-refractivity contribution in [2.24, 2.45) is 11.5 Å². The standard InChI is InChI=1S/C18H18FN5O2.C3H9N/c1-18(20)8-25-17(26-9-18)16-23-14(11-2-4-12(19)5-3-11)15(24-16)13-6-7-21-10-22-13;1-3(2)4/h2-7,10,17H,8-9,20H2,1H3,(H,23,24);3H,4H2,1-2H3. The second-order valence-electron chi connectivity index (χ2n) is 7.80. The van der Waals surface area contributed by atoms with Crippen molar-refractivity contribution in [3.63, 3.8) is 0 Å². The molecule has 0 unspecified atom stereocenters. The first-order valence-electron chi connectivity index (χ1n) is 9.65. The van der Waals surface area contributed by atoms with E-state index in [0.717, 1.165) is 5.56 Å². The van der Waals surface area contributed by atoms with Crippen molar-refractivity contribution in [1.29, 1.82) is 0 Å². The molecule has 0 bridgehead atoms. The average molecular weight is 414 g/mol. The van der Waals surface area contributed by atoms with Crippen LogP contribution in [0.3, 0.4) is 0 Å². The third kappa shape index (κ3) is 5.67. The van der Waals surface area contributed by atoms with Gasteiger partial charge in [-0.25, -0.2) is 19.3 Å². The van der Waals surface area contributed by atoms with Gasteiger partial charge in [-0.3, -0.25) is 0 Å². The fraction of sp³-hybridized carbons (Fsp3) is 0.381. The summed E-state index contributed by atoms with van der Waals surface area (Å²) < 4.78 is 24.7. The van der Waals surface area contributed by atoms with Gasteiger partial charge in [0.1, 0.15) is 12.1 Å². The number of nitrogens with one attached hydrogen (secondary N) is 1. The van der Waals surface area contributed by atoms with Crippen LogP contribution in [0.5, 0.6) is 0 Å². The van der Waals surface area contributed by atoms with E-state index in [-0.39, 0.29) is 5.82 Å². The Morgan fingerprint density at radius 1 is 1.17 bits per heavy atom. The van der Waals surface area contributed by atoms with Crippen molar-refractivity contribution >= 4 is 0 Å². The van der Waals surface area contributed by atoms with Crippen molar-refractivity contribution in [3.05, 3.63) is 54.5 Å². The van der Waals surface area contributed by atoms with E-state index < -0.39 is 11.8 Å². The molecule has 1 fully saturated rings. The molecule has 5 N–H and O–H groups in total. The molecule has 2 aromatic heterocycles. The molecule has 9 heteroatoms. The van der Waals surface area contributed by atoms with Gasteiger partial charge in [-0.1, -0.05) is 13.8 Å². The zero-order valence-corrected chi connectivity index (χ0v) is 17.3. The molecule has 1 saturated heterocycles. The highest BCUT2D eigenvalue weighted by Gasteiger charge is 2.32. The number of nitrogens with two attached hydrogens (primary N) is 2. The highest BCUT2D eigenvalue weighted by Crippen LogP contribution is 2.33. The first kappa shape index (κ1) is 22.0. The number of nitrogens with zero attached hydrogens (tertiary/aromatic N) is 3. The van der Waals surface area contributed by atoms with Crippen LogP contribution in [-0.4, -0.2) is 44.7 Å². The lowest BCUT2D eigenvalue weighted by molar-refractivity contribution is -0.211. The second-order valence-corrected chi connectivity index (χ2v) is 7.80. The van der Waals surface area contributed by atoms with Gasteiger partial charge in [0.15, 0.2) is 5.82 Å². The SMILES string of the molecule is CC(C)N.CC1(N)COC(c2nc(-c3ccc(F)cc3)c(-c3ccncn3)[nH]2)OC1. The molecular formula is C21H27FN6O2. The molecule has 0 saturated carbocycles. The van der Waals surface area contributed by atoms with Gasteiger partial charge in [0.2, 0.25) is 6.29 Å². The van der Waals surface area contributed by atoms with Crippen molar-refractivity contribution in [1.82, 2.24) is 19.9 Å². The third-order valence-corrected chi connectivity index (χ3v) is 4.03. The van der Waals surface area contributed by atoms with Gasteiger partial charge < -0.3 is 25.9 Å². The van der Waals surface area contributed by atoms with E-state index in [9.17, 15) is 4.39 Å². The Labute approximate surface area is 174 Å². The number of imidazole rings is 1. The van der Waals surface area contributed by atoms with Crippen molar-refractivity contribution in [2.75, 3.05) is 13.2 Å². The lowest BCUT2D eigenvalue weighted by Crippen LogP contribution is -2.50. The lowest BCUT2D eigenvalue weighted by Gasteiger charge is -2.33. The first-order chi connectivity index (χ1) is 14.2. The zero-order chi connectivity index (χ0) is 21.7. The first-order valence-corrected chi connectivity index (χ1v) is 9.65. The smallest absolute Gasteiger partial charge is 0.217 e. The normalized spacial score (nSPS) is 21.2. The van der Waals surface area contributed by atoms with Gasteiger partial charge in [-0.15, -0.1) is 0 Å². The minimum absolute atomic E-state index is 0.311. The maximum atomic E-state index is 13.3. The summed E-state index contributed by atoms with van der Waals surface area (Å²) in [5.74, 6) is 0.197. The molecule has 3 heterocycles. The summed E-state index contributed by atoms with van der Waals surface area (Å²) in [6.07, 6.45) is 2.45. The van der Waals surface area contributed by atoms with Gasteiger partial charge in [-0.05, 0) is 43.3 Å². The van der Waals surface area contributed by atoms with Crippen LogP contribution in [0.1, 0.15) is 32.9 Å². The average Bonchev–Trinajstić information content (AvgIpc) is 3.14. The van der Waals surface area contributed by atoms with Crippen LogP contribution in [0, 0.1) is 5.82 Å². The fourth-order valence-electron chi connectivity index (χ4n) is 2.72. The quantitative estimate of drug-likeness (QED) is 0.602. The van der Waals surface area contributed by atoms with Crippen LogP contribution in [0.25, 0.3) is 22.6 Å². The molecule has 3 aromatic rings. The second kappa shape index (κ2) is 9.40. The summed E-state index contributed by atoms with van der Waals surface area (Å²) in [6.45, 7) is 6.46. The van der Waals surface area contributed by atoms with Crippen LogP contribution < -0.4 is 11.5 Å². The minimum atomic E-state index is -0.651. The van der Waals surface area contributed by atoms with E-state index >= 15 is 0 Å². The van der Waals surface area contributed by atoms with E-state index in [4.69, 9.17) is 20.9 Å². The summed E-state index contributed by atoms with van der Waals surface area (Å²) in [5.41, 5.74) is 13.3. The molecule has 0 aliphatic carbocycles. The molecular weight excluding hydrogens is 387 g/mol. The number of aromatic amines is 1. The highest BCUT2D eigenvalue weighted by atomic mass is 19.1. The molecule has 1 aliphatic heterocycles. The molecule has 8 nitrogen and oxygen atoms in total. The number of ether oxygens (including phenoxy) is 2. The van der Waals surface area contributed by atoms with E-state index in [0.29, 0.717) is 42.2 Å². The largest absolute Gasteiger partial charge is 0.344 e. The lowest BCUT2D eigenvalue weighted by atomic mass is 10.1. The molecule has 0 radical (unpaired) electrons. The fourth-order valence-corrected chi connectivity index (χ4v) is 2.72. The van der Waals surface area contributed by atoms with Crippen molar-refractivity contribution in [3.8, 4) is 22.6 Å². The van der Waals surface area contributed by atoms with Crippen LogP contribution in [-0.2, 0) is 9.47 Å². The molecule has 160 valence electrons. The Morgan fingerprint density at radius 3 is 2.37 bits per heavy atom. The van der Waals surface area contributed by atoms with Crippen LogP contribution in [0.4, 0.5) is 4.39 Å². The summed E-state index contributed by atoms with van der Waals surface area (Å²) in [7, 11) is 0. The minimum Gasteiger partial charge on any atom is -0.344 e. The number of benzene rings is 1. The molecule has 30 heavy (non-hydrogen) atoms. The number of hydrogen-bond acceptors (Lipinski definition) is 7. The highest BCUT2D eigenvalue weighted by molar-refractivity contribution is 5.76. The number of hydrogen-bond donors (Lipinski definition) is 3. The maximum absolute atomic E-state index is 13.3. The third-order valence-electron chi connectivity index (χ3n) is 4.03. The van der Waals surface area contributed by atoms with Crippen molar-refractivity contribution < 1.29 is 13.9 Å². The topological polar surface area (TPSA) is 125 Å². The monoisotopic (exact) mass is 414 g/mol. The van der Waals surface area contributed by atoms with Crippen LogP contribution in [0.15, 0.2) is 42.9 Å². The predicted octanol–water partition coefficient (Wildman–Crippen LogP) is 2.79. The molecule has 4 rings (SSSR count). The van der Waals surface area contributed by atoms with Gasteiger partial charge in [0, 0.05) is 11.8 Å². The molecule has 0 atom stereocenters. The van der Waals surface area contributed by atoms with Crippen molar-refractivity contribution in [2.45, 2.75) is 38.6 Å². The Balaban J connectivity index is 0.000000589. The maximum Gasteiger partial charge on any atom is 0.217 e. The Morgan fingerprint density at radius 2 is 1.80 bits per heavy atom. The van der Waals surface area contributed by atoms with E-state index in [2.05, 4.69) is 19.9 Å². The Kier molecular flexibility index (Phi) is 6.88. The summed E-state index contributed by atoms with van der Waals surface area (Å²) >= 11 is 0. The number of rotatable bonds is 3. The molecule has 1 aliphatic rings. The molecule has 1 aromatic carbocycles. The number of H-pyrrole nitrogens is 1. The zero-order valence-electron chi connectivity index (χ0n) is 17.3. The molecule has 0 spiro atoms. The van der Waals surface area contributed by atoms with Gasteiger partial charge >= 0.3 is 0 Å².